The Morgan fingerprint density at radius 3 is 2.57 bits per heavy atom. The predicted molar refractivity (Wildman–Crippen MR) is 80.5 cm³/mol. The summed E-state index contributed by atoms with van der Waals surface area (Å²) in [5, 5.41) is 0.750. The van der Waals surface area contributed by atoms with E-state index in [-0.39, 0.29) is 17.5 Å². The molecule has 1 aliphatic carbocycles. The lowest BCUT2D eigenvalue weighted by Gasteiger charge is -2.36. The van der Waals surface area contributed by atoms with Crippen molar-refractivity contribution in [3.05, 3.63) is 35.8 Å². The van der Waals surface area contributed by atoms with Gasteiger partial charge in [-0.05, 0) is 37.1 Å². The van der Waals surface area contributed by atoms with E-state index < -0.39 is 0 Å². The lowest BCUT2D eigenvalue weighted by Crippen LogP contribution is -2.42. The Hall–Kier alpha value is -1.39. The van der Waals surface area contributed by atoms with E-state index in [4.69, 9.17) is 14.9 Å². The first-order valence-electron chi connectivity index (χ1n) is 7.64. The smallest absolute Gasteiger partial charge is 0.134 e. The molecule has 114 valence electrons. The number of ether oxygens (including phenoxy) is 1. The highest BCUT2D eigenvalue weighted by Crippen LogP contribution is 2.40. The van der Waals surface area contributed by atoms with Gasteiger partial charge in [0.15, 0.2) is 0 Å². The molecule has 4 heteroatoms. The van der Waals surface area contributed by atoms with Crippen molar-refractivity contribution in [1.82, 2.24) is 0 Å². The highest BCUT2D eigenvalue weighted by atomic mass is 19.1. The number of hydrogen-bond donors (Lipinski definition) is 1. The van der Waals surface area contributed by atoms with Gasteiger partial charge in [-0.3, -0.25) is 0 Å². The molecule has 0 aliphatic heterocycles. The van der Waals surface area contributed by atoms with Gasteiger partial charge in [0.05, 0.1) is 11.6 Å². The van der Waals surface area contributed by atoms with Crippen LogP contribution in [0.5, 0.6) is 0 Å². The zero-order chi connectivity index (χ0) is 14.9. The van der Waals surface area contributed by atoms with Crippen molar-refractivity contribution in [2.24, 2.45) is 5.73 Å². The molecule has 1 aliphatic rings. The van der Waals surface area contributed by atoms with E-state index in [1.165, 1.54) is 25.0 Å². The van der Waals surface area contributed by atoms with E-state index in [0.717, 1.165) is 31.1 Å². The predicted octanol–water partition coefficient (Wildman–Crippen LogP) is 4.31. The quantitative estimate of drug-likeness (QED) is 0.857. The van der Waals surface area contributed by atoms with E-state index in [1.54, 1.807) is 13.2 Å². The number of benzene rings is 1. The molecule has 2 N–H and O–H groups in total. The van der Waals surface area contributed by atoms with Crippen LogP contribution in [0.25, 0.3) is 11.0 Å². The summed E-state index contributed by atoms with van der Waals surface area (Å²) in [6.45, 7) is 0. The minimum atomic E-state index is -0.372. The van der Waals surface area contributed by atoms with E-state index in [0.29, 0.717) is 11.3 Å². The number of nitrogens with two attached hydrogens (primary N) is 1. The molecule has 0 radical (unpaired) electrons. The summed E-state index contributed by atoms with van der Waals surface area (Å²) < 4.78 is 25.0. The van der Waals surface area contributed by atoms with Crippen molar-refractivity contribution >= 4 is 11.0 Å². The van der Waals surface area contributed by atoms with Crippen LogP contribution in [0.3, 0.4) is 0 Å². The zero-order valence-corrected chi connectivity index (χ0v) is 12.4. The van der Waals surface area contributed by atoms with E-state index in [1.807, 2.05) is 6.07 Å². The van der Waals surface area contributed by atoms with Crippen molar-refractivity contribution in [3.8, 4) is 0 Å². The third-order valence-electron chi connectivity index (χ3n) is 4.73. The van der Waals surface area contributed by atoms with Gasteiger partial charge >= 0.3 is 0 Å². The van der Waals surface area contributed by atoms with Crippen molar-refractivity contribution in [3.63, 3.8) is 0 Å². The average Bonchev–Trinajstić information content (AvgIpc) is 2.75. The van der Waals surface area contributed by atoms with E-state index >= 15 is 0 Å². The maximum atomic E-state index is 13.3. The molecule has 1 unspecified atom stereocenters. The van der Waals surface area contributed by atoms with Crippen LogP contribution in [0, 0.1) is 5.82 Å². The summed E-state index contributed by atoms with van der Waals surface area (Å²) in [5.41, 5.74) is 6.77. The third kappa shape index (κ3) is 2.70. The lowest BCUT2D eigenvalue weighted by atomic mass is 9.85. The highest BCUT2D eigenvalue weighted by Gasteiger charge is 2.39. The van der Waals surface area contributed by atoms with Crippen molar-refractivity contribution in [2.75, 3.05) is 7.11 Å². The maximum absolute atomic E-state index is 13.3. The number of methoxy groups -OCH3 is 1. The minimum absolute atomic E-state index is 0.264. The van der Waals surface area contributed by atoms with Crippen LogP contribution < -0.4 is 5.73 Å². The Morgan fingerprint density at radius 1 is 1.19 bits per heavy atom. The van der Waals surface area contributed by atoms with Gasteiger partial charge in [-0.15, -0.1) is 0 Å². The topological polar surface area (TPSA) is 48.4 Å². The van der Waals surface area contributed by atoms with Gasteiger partial charge in [-0.2, -0.15) is 0 Å². The molecule has 0 saturated heterocycles. The van der Waals surface area contributed by atoms with Gasteiger partial charge in [-0.25, -0.2) is 4.39 Å². The molecule has 2 aromatic rings. The molecule has 1 aromatic carbocycles. The molecule has 1 heterocycles. The molecule has 1 saturated carbocycles. The number of rotatable bonds is 3. The van der Waals surface area contributed by atoms with Crippen LogP contribution in [0.15, 0.2) is 28.7 Å². The molecule has 1 fully saturated rings. The Bertz CT molecular complexity index is 614. The van der Waals surface area contributed by atoms with Crippen LogP contribution in [-0.2, 0) is 4.74 Å². The summed E-state index contributed by atoms with van der Waals surface area (Å²) in [6.07, 6.45) is 6.57. The van der Waals surface area contributed by atoms with Gasteiger partial charge in [0.25, 0.3) is 0 Å². The van der Waals surface area contributed by atoms with E-state index in [9.17, 15) is 4.39 Å². The molecule has 21 heavy (non-hydrogen) atoms. The van der Waals surface area contributed by atoms with Crippen LogP contribution in [0.1, 0.15) is 50.3 Å². The zero-order valence-electron chi connectivity index (χ0n) is 12.4. The number of halogens is 1. The maximum Gasteiger partial charge on any atom is 0.134 e. The molecular weight excluding hydrogens is 269 g/mol. The van der Waals surface area contributed by atoms with Crippen molar-refractivity contribution in [2.45, 2.75) is 50.2 Å². The van der Waals surface area contributed by atoms with Crippen molar-refractivity contribution < 1.29 is 13.5 Å². The number of fused-ring (bicyclic) bond motifs is 1. The summed E-state index contributed by atoms with van der Waals surface area (Å²) in [7, 11) is 1.73. The standard InChI is InChI=1S/C17H22FNO2/c1-20-17(8-4-2-3-5-9-17)16(19)15-11-12-10-13(18)6-7-14(12)21-15/h6-7,10-11,16H,2-5,8-9,19H2,1H3. The third-order valence-corrected chi connectivity index (χ3v) is 4.73. The van der Waals surface area contributed by atoms with Gasteiger partial charge in [0.2, 0.25) is 0 Å². The highest BCUT2D eigenvalue weighted by molar-refractivity contribution is 5.78. The molecule has 1 atom stereocenters. The SMILES string of the molecule is COC1(C(N)c2cc3cc(F)ccc3o2)CCCCCC1. The molecule has 3 rings (SSSR count). The summed E-state index contributed by atoms with van der Waals surface area (Å²) >= 11 is 0. The van der Waals surface area contributed by atoms with Crippen molar-refractivity contribution in [1.29, 1.82) is 0 Å². The normalized spacial score (nSPS) is 20.3. The van der Waals surface area contributed by atoms with E-state index in [2.05, 4.69) is 0 Å². The number of hydrogen-bond acceptors (Lipinski definition) is 3. The molecule has 3 nitrogen and oxygen atoms in total. The second-order valence-corrected chi connectivity index (χ2v) is 5.99. The molecule has 0 amide bonds. The summed E-state index contributed by atoms with van der Waals surface area (Å²) in [5.74, 6) is 0.415. The first-order chi connectivity index (χ1) is 10.1. The largest absolute Gasteiger partial charge is 0.459 e. The first-order valence-corrected chi connectivity index (χ1v) is 7.64. The summed E-state index contributed by atoms with van der Waals surface area (Å²) in [4.78, 5) is 0. The Kier molecular flexibility index (Phi) is 4.00. The first kappa shape index (κ1) is 14.5. The Balaban J connectivity index is 1.95. The number of furan rings is 1. The molecule has 0 bridgehead atoms. The summed E-state index contributed by atoms with van der Waals surface area (Å²) in [6, 6.07) is 6.04. The Labute approximate surface area is 124 Å². The van der Waals surface area contributed by atoms with Crippen LogP contribution in [0.4, 0.5) is 4.39 Å². The van der Waals surface area contributed by atoms with Crippen LogP contribution in [-0.4, -0.2) is 12.7 Å². The van der Waals surface area contributed by atoms with Crippen LogP contribution >= 0.6 is 0 Å². The fourth-order valence-electron chi connectivity index (χ4n) is 3.42. The lowest BCUT2D eigenvalue weighted by molar-refractivity contribution is -0.0484. The minimum Gasteiger partial charge on any atom is -0.459 e. The van der Waals surface area contributed by atoms with Gasteiger partial charge < -0.3 is 14.9 Å². The second kappa shape index (κ2) is 5.78. The molecule has 0 spiro atoms. The fourth-order valence-corrected chi connectivity index (χ4v) is 3.42. The second-order valence-electron chi connectivity index (χ2n) is 5.99. The average molecular weight is 291 g/mol. The Morgan fingerprint density at radius 2 is 1.90 bits per heavy atom. The van der Waals surface area contributed by atoms with Crippen LogP contribution in [0.2, 0.25) is 0 Å². The van der Waals surface area contributed by atoms with Gasteiger partial charge in [0.1, 0.15) is 17.2 Å². The monoisotopic (exact) mass is 291 g/mol. The van der Waals surface area contributed by atoms with Gasteiger partial charge in [-0.1, -0.05) is 25.7 Å². The molecular formula is C17H22FNO2. The van der Waals surface area contributed by atoms with Gasteiger partial charge in [0, 0.05) is 12.5 Å². The fraction of sp³-hybridized carbons (Fsp3) is 0.529. The molecule has 1 aromatic heterocycles.